The van der Waals surface area contributed by atoms with Crippen LogP contribution in [-0.2, 0) is 16.1 Å². The van der Waals surface area contributed by atoms with E-state index in [2.05, 4.69) is 21.2 Å². The first-order valence-electron chi connectivity index (χ1n) is 6.86. The summed E-state index contributed by atoms with van der Waals surface area (Å²) in [5, 5.41) is 2.75. The summed E-state index contributed by atoms with van der Waals surface area (Å²) in [4.78, 5) is 26.1. The van der Waals surface area contributed by atoms with Crippen molar-refractivity contribution in [3.05, 3.63) is 34.1 Å². The Bertz CT molecular complexity index is 577. The van der Waals surface area contributed by atoms with Crippen molar-refractivity contribution in [1.82, 2.24) is 10.2 Å². The van der Waals surface area contributed by atoms with E-state index >= 15 is 0 Å². The molecule has 2 rings (SSSR count). The van der Waals surface area contributed by atoms with E-state index in [0.29, 0.717) is 4.47 Å². The number of nitrogens with zero attached hydrogens (tertiary/aromatic N) is 1. The molecule has 0 spiro atoms. The molecule has 114 valence electrons. The zero-order chi connectivity index (χ0) is 15.7. The minimum absolute atomic E-state index is 0.0214. The SMILES string of the molecule is CC(C)C1NC(=O)C(C)N(Cc2ccc(F)cc2Br)C1=O. The number of carbonyl (C=O) groups excluding carboxylic acids is 2. The van der Waals surface area contributed by atoms with Crippen LogP contribution in [0.15, 0.2) is 22.7 Å². The zero-order valence-electron chi connectivity index (χ0n) is 12.2. The number of amides is 2. The molecule has 0 aliphatic carbocycles. The molecule has 1 aromatic carbocycles. The molecule has 1 aliphatic rings. The summed E-state index contributed by atoms with van der Waals surface area (Å²) in [6.45, 7) is 5.76. The zero-order valence-corrected chi connectivity index (χ0v) is 13.8. The summed E-state index contributed by atoms with van der Waals surface area (Å²) < 4.78 is 13.7. The minimum atomic E-state index is -0.538. The van der Waals surface area contributed by atoms with E-state index < -0.39 is 12.1 Å². The first-order valence-corrected chi connectivity index (χ1v) is 7.65. The second-order valence-corrected chi connectivity index (χ2v) is 6.46. The Kier molecular flexibility index (Phi) is 4.66. The van der Waals surface area contributed by atoms with Crippen LogP contribution in [0, 0.1) is 11.7 Å². The van der Waals surface area contributed by atoms with Crippen molar-refractivity contribution in [2.24, 2.45) is 5.92 Å². The van der Waals surface area contributed by atoms with E-state index in [1.54, 1.807) is 17.9 Å². The van der Waals surface area contributed by atoms with E-state index in [1.807, 2.05) is 13.8 Å². The van der Waals surface area contributed by atoms with Gasteiger partial charge in [0.15, 0.2) is 0 Å². The van der Waals surface area contributed by atoms with Crippen molar-refractivity contribution in [2.75, 3.05) is 0 Å². The highest BCUT2D eigenvalue weighted by molar-refractivity contribution is 9.10. The Morgan fingerprint density at radius 2 is 2.05 bits per heavy atom. The van der Waals surface area contributed by atoms with Crippen LogP contribution in [0.4, 0.5) is 4.39 Å². The minimum Gasteiger partial charge on any atom is -0.342 e. The number of nitrogens with one attached hydrogen (secondary N) is 1. The first kappa shape index (κ1) is 15.9. The standard InChI is InChI=1S/C15H18BrFN2O2/c1-8(2)13-15(21)19(9(3)14(20)18-13)7-10-4-5-11(17)6-12(10)16/h4-6,8-9,13H,7H2,1-3H3,(H,18,20). The van der Waals surface area contributed by atoms with Gasteiger partial charge < -0.3 is 10.2 Å². The number of carbonyl (C=O) groups is 2. The molecule has 0 saturated carbocycles. The number of piperazine rings is 1. The molecule has 21 heavy (non-hydrogen) atoms. The van der Waals surface area contributed by atoms with E-state index in [-0.39, 0.29) is 30.1 Å². The van der Waals surface area contributed by atoms with E-state index in [1.165, 1.54) is 12.1 Å². The lowest BCUT2D eigenvalue weighted by Crippen LogP contribution is -2.63. The fourth-order valence-electron chi connectivity index (χ4n) is 2.35. The van der Waals surface area contributed by atoms with Gasteiger partial charge >= 0.3 is 0 Å². The van der Waals surface area contributed by atoms with Crippen molar-refractivity contribution in [3.8, 4) is 0 Å². The van der Waals surface area contributed by atoms with Crippen molar-refractivity contribution in [1.29, 1.82) is 0 Å². The Labute approximate surface area is 131 Å². The molecule has 1 saturated heterocycles. The second kappa shape index (κ2) is 6.13. The molecule has 2 amide bonds. The molecular formula is C15H18BrFN2O2. The van der Waals surface area contributed by atoms with Crippen LogP contribution in [-0.4, -0.2) is 28.8 Å². The van der Waals surface area contributed by atoms with E-state index in [9.17, 15) is 14.0 Å². The fraction of sp³-hybridized carbons (Fsp3) is 0.467. The molecule has 1 aromatic rings. The summed E-state index contributed by atoms with van der Waals surface area (Å²) >= 11 is 3.29. The Hall–Kier alpha value is -1.43. The molecular weight excluding hydrogens is 339 g/mol. The molecule has 2 unspecified atom stereocenters. The van der Waals surface area contributed by atoms with Gasteiger partial charge in [0.05, 0.1) is 0 Å². The first-order chi connectivity index (χ1) is 9.81. The Morgan fingerprint density at radius 3 is 2.62 bits per heavy atom. The van der Waals surface area contributed by atoms with Crippen LogP contribution in [0.1, 0.15) is 26.3 Å². The highest BCUT2D eigenvalue weighted by atomic mass is 79.9. The van der Waals surface area contributed by atoms with Gasteiger partial charge in [0.1, 0.15) is 17.9 Å². The maximum absolute atomic E-state index is 13.1. The molecule has 1 aliphatic heterocycles. The molecule has 4 nitrogen and oxygen atoms in total. The molecule has 0 aromatic heterocycles. The number of hydrogen-bond donors (Lipinski definition) is 1. The summed E-state index contributed by atoms with van der Waals surface area (Å²) in [5.74, 6) is -0.589. The number of hydrogen-bond acceptors (Lipinski definition) is 2. The maximum Gasteiger partial charge on any atom is 0.246 e. The van der Waals surface area contributed by atoms with Crippen LogP contribution in [0.2, 0.25) is 0 Å². The lowest BCUT2D eigenvalue weighted by molar-refractivity contribution is -0.150. The van der Waals surface area contributed by atoms with Gasteiger partial charge in [0, 0.05) is 11.0 Å². The topological polar surface area (TPSA) is 49.4 Å². The van der Waals surface area contributed by atoms with Crippen LogP contribution in [0.3, 0.4) is 0 Å². The smallest absolute Gasteiger partial charge is 0.246 e. The van der Waals surface area contributed by atoms with Gasteiger partial charge in [-0.3, -0.25) is 9.59 Å². The van der Waals surface area contributed by atoms with Crippen molar-refractivity contribution in [2.45, 2.75) is 39.4 Å². The molecule has 6 heteroatoms. The second-order valence-electron chi connectivity index (χ2n) is 5.61. The largest absolute Gasteiger partial charge is 0.342 e. The van der Waals surface area contributed by atoms with E-state index in [4.69, 9.17) is 0 Å². The van der Waals surface area contributed by atoms with Crippen LogP contribution in [0.25, 0.3) is 0 Å². The van der Waals surface area contributed by atoms with Gasteiger partial charge in [0.2, 0.25) is 11.8 Å². The monoisotopic (exact) mass is 356 g/mol. The van der Waals surface area contributed by atoms with Gasteiger partial charge in [0.25, 0.3) is 0 Å². The summed E-state index contributed by atoms with van der Waals surface area (Å²) in [6.07, 6.45) is 0. The third-order valence-electron chi connectivity index (χ3n) is 3.72. The molecule has 0 radical (unpaired) electrons. The van der Waals surface area contributed by atoms with E-state index in [0.717, 1.165) is 5.56 Å². The number of rotatable bonds is 3. The normalized spacial score (nSPS) is 22.7. The maximum atomic E-state index is 13.1. The average molecular weight is 357 g/mol. The molecule has 2 atom stereocenters. The predicted octanol–water partition coefficient (Wildman–Crippen LogP) is 2.46. The third kappa shape index (κ3) is 3.26. The van der Waals surface area contributed by atoms with Gasteiger partial charge in [-0.1, -0.05) is 35.8 Å². The van der Waals surface area contributed by atoms with Gasteiger partial charge in [-0.25, -0.2) is 4.39 Å². The van der Waals surface area contributed by atoms with Crippen molar-refractivity contribution >= 4 is 27.7 Å². The number of benzene rings is 1. The third-order valence-corrected chi connectivity index (χ3v) is 4.45. The highest BCUT2D eigenvalue weighted by Crippen LogP contribution is 2.23. The lowest BCUT2D eigenvalue weighted by Gasteiger charge is -2.39. The van der Waals surface area contributed by atoms with Crippen LogP contribution in [0.5, 0.6) is 0 Å². The molecule has 1 fully saturated rings. The lowest BCUT2D eigenvalue weighted by atomic mass is 9.98. The molecule has 1 heterocycles. The fourth-order valence-corrected chi connectivity index (χ4v) is 2.82. The van der Waals surface area contributed by atoms with Crippen molar-refractivity contribution in [3.63, 3.8) is 0 Å². The van der Waals surface area contributed by atoms with Crippen LogP contribution < -0.4 is 5.32 Å². The Balaban J connectivity index is 2.27. The quantitative estimate of drug-likeness (QED) is 0.904. The van der Waals surface area contributed by atoms with Crippen molar-refractivity contribution < 1.29 is 14.0 Å². The van der Waals surface area contributed by atoms with Gasteiger partial charge in [-0.2, -0.15) is 0 Å². The van der Waals surface area contributed by atoms with Crippen LogP contribution >= 0.6 is 15.9 Å². The average Bonchev–Trinajstić information content (AvgIpc) is 2.40. The van der Waals surface area contributed by atoms with Gasteiger partial charge in [-0.15, -0.1) is 0 Å². The highest BCUT2D eigenvalue weighted by Gasteiger charge is 2.39. The van der Waals surface area contributed by atoms with Gasteiger partial charge in [-0.05, 0) is 30.5 Å². The summed E-state index contributed by atoms with van der Waals surface area (Å²) in [6, 6.07) is 3.28. The molecule has 0 bridgehead atoms. The summed E-state index contributed by atoms with van der Waals surface area (Å²) in [7, 11) is 0. The number of halogens is 2. The summed E-state index contributed by atoms with van der Waals surface area (Å²) in [5.41, 5.74) is 0.772. The molecule has 1 N–H and O–H groups in total. The Morgan fingerprint density at radius 1 is 1.38 bits per heavy atom. The predicted molar refractivity (Wildman–Crippen MR) is 80.9 cm³/mol.